The number of rotatable bonds is 11. The molecule has 0 spiro atoms. The Labute approximate surface area is 228 Å². The van der Waals surface area contributed by atoms with Gasteiger partial charge in [-0.3, -0.25) is 0 Å². The standard InChI is InChI=1S/C32H30O7/c1-20(2)30(33)37-18-17-36-28-16-13-26(19-29(28)39-32(35)22(5)6)25-9-7-23(8-10-25)24-11-14-27(15-12-24)38-31(34)21(3)4/h7-16,19H,1,3,5,17-18H2,2,4,6H3. The molecule has 0 saturated carbocycles. The molecular formula is C32H30O7. The molecule has 0 aromatic heterocycles. The second-order valence-electron chi connectivity index (χ2n) is 8.87. The largest absolute Gasteiger partial charge is 0.486 e. The second kappa shape index (κ2) is 13.1. The number of ether oxygens (including phenoxy) is 4. The van der Waals surface area contributed by atoms with Gasteiger partial charge in [-0.15, -0.1) is 0 Å². The topological polar surface area (TPSA) is 88.1 Å². The van der Waals surface area contributed by atoms with E-state index < -0.39 is 17.9 Å². The quantitative estimate of drug-likeness (QED) is 0.122. The second-order valence-corrected chi connectivity index (χ2v) is 8.87. The lowest BCUT2D eigenvalue weighted by Crippen LogP contribution is -2.14. The van der Waals surface area contributed by atoms with E-state index in [0.29, 0.717) is 22.6 Å². The zero-order chi connectivity index (χ0) is 28.5. The van der Waals surface area contributed by atoms with Crippen molar-refractivity contribution in [1.29, 1.82) is 0 Å². The molecule has 0 atom stereocenters. The van der Waals surface area contributed by atoms with Crippen LogP contribution in [0.2, 0.25) is 0 Å². The molecule has 3 rings (SSSR count). The predicted molar refractivity (Wildman–Crippen MR) is 149 cm³/mol. The third-order valence-electron chi connectivity index (χ3n) is 5.38. The summed E-state index contributed by atoms with van der Waals surface area (Å²) in [5, 5.41) is 0. The molecule has 7 nitrogen and oxygen atoms in total. The minimum Gasteiger partial charge on any atom is -0.486 e. The molecule has 0 N–H and O–H groups in total. The fourth-order valence-corrected chi connectivity index (χ4v) is 3.25. The number of hydrogen-bond donors (Lipinski definition) is 0. The zero-order valence-corrected chi connectivity index (χ0v) is 22.2. The summed E-state index contributed by atoms with van der Waals surface area (Å²) in [6, 6.07) is 20.2. The third-order valence-corrected chi connectivity index (χ3v) is 5.38. The normalized spacial score (nSPS) is 10.2. The number of hydrogen-bond acceptors (Lipinski definition) is 7. The Kier molecular flexibility index (Phi) is 9.59. The first kappa shape index (κ1) is 28.7. The molecule has 0 fully saturated rings. The van der Waals surface area contributed by atoms with Crippen molar-refractivity contribution in [3.8, 4) is 39.5 Å². The maximum atomic E-state index is 12.2. The molecule has 39 heavy (non-hydrogen) atoms. The van der Waals surface area contributed by atoms with E-state index >= 15 is 0 Å². The minimum absolute atomic E-state index is 0.0140. The summed E-state index contributed by atoms with van der Waals surface area (Å²) < 4.78 is 21.5. The first-order chi connectivity index (χ1) is 18.5. The molecule has 0 aliphatic rings. The molecule has 3 aromatic rings. The van der Waals surface area contributed by atoms with Gasteiger partial charge in [-0.2, -0.15) is 0 Å². The Morgan fingerprint density at radius 3 is 1.56 bits per heavy atom. The Morgan fingerprint density at radius 2 is 1.03 bits per heavy atom. The van der Waals surface area contributed by atoms with Crippen LogP contribution in [0.4, 0.5) is 0 Å². The van der Waals surface area contributed by atoms with Crippen LogP contribution in [0.3, 0.4) is 0 Å². The molecule has 0 bridgehead atoms. The Bertz CT molecular complexity index is 1410. The van der Waals surface area contributed by atoms with E-state index in [2.05, 4.69) is 19.7 Å². The third kappa shape index (κ3) is 8.04. The highest BCUT2D eigenvalue weighted by molar-refractivity contribution is 5.90. The summed E-state index contributed by atoms with van der Waals surface area (Å²) >= 11 is 0. The lowest BCUT2D eigenvalue weighted by atomic mass is 10.00. The van der Waals surface area contributed by atoms with E-state index in [1.165, 1.54) is 0 Å². The van der Waals surface area contributed by atoms with Crippen molar-refractivity contribution >= 4 is 17.9 Å². The van der Waals surface area contributed by atoms with Gasteiger partial charge >= 0.3 is 17.9 Å². The number of carbonyl (C=O) groups is 3. The van der Waals surface area contributed by atoms with Crippen molar-refractivity contribution in [1.82, 2.24) is 0 Å². The summed E-state index contributed by atoms with van der Waals surface area (Å²) in [6.07, 6.45) is 0. The van der Waals surface area contributed by atoms with E-state index in [1.807, 2.05) is 42.5 Å². The van der Waals surface area contributed by atoms with Gasteiger partial charge in [0.05, 0.1) is 0 Å². The molecule has 0 heterocycles. The van der Waals surface area contributed by atoms with Crippen LogP contribution in [0.25, 0.3) is 22.3 Å². The molecule has 0 amide bonds. The van der Waals surface area contributed by atoms with Crippen LogP contribution >= 0.6 is 0 Å². The van der Waals surface area contributed by atoms with Crippen molar-refractivity contribution in [2.75, 3.05) is 13.2 Å². The van der Waals surface area contributed by atoms with Gasteiger partial charge in [-0.25, -0.2) is 14.4 Å². The van der Waals surface area contributed by atoms with Gasteiger partial charge < -0.3 is 18.9 Å². The van der Waals surface area contributed by atoms with Gasteiger partial charge in [0.1, 0.15) is 19.0 Å². The average Bonchev–Trinajstić information content (AvgIpc) is 2.91. The van der Waals surface area contributed by atoms with Crippen molar-refractivity contribution in [2.45, 2.75) is 20.8 Å². The van der Waals surface area contributed by atoms with E-state index in [0.717, 1.165) is 22.3 Å². The highest BCUT2D eigenvalue weighted by atomic mass is 16.6. The van der Waals surface area contributed by atoms with Crippen molar-refractivity contribution in [3.05, 3.63) is 103 Å². The van der Waals surface area contributed by atoms with Crippen LogP contribution in [0.5, 0.6) is 17.2 Å². The Balaban J connectivity index is 1.77. The summed E-state index contributed by atoms with van der Waals surface area (Å²) in [7, 11) is 0. The average molecular weight is 527 g/mol. The van der Waals surface area contributed by atoms with Crippen LogP contribution < -0.4 is 14.2 Å². The highest BCUT2D eigenvalue weighted by Gasteiger charge is 2.14. The maximum Gasteiger partial charge on any atom is 0.338 e. The summed E-state index contributed by atoms with van der Waals surface area (Å²) in [5.41, 5.74) is 4.47. The van der Waals surface area contributed by atoms with E-state index in [1.54, 1.807) is 45.0 Å². The van der Waals surface area contributed by atoms with Crippen LogP contribution in [0.1, 0.15) is 20.8 Å². The summed E-state index contributed by atoms with van der Waals surface area (Å²) in [5.74, 6) is -0.578. The number of benzene rings is 3. The molecule has 0 unspecified atom stereocenters. The van der Waals surface area contributed by atoms with Crippen molar-refractivity contribution < 1.29 is 33.3 Å². The van der Waals surface area contributed by atoms with Crippen LogP contribution in [0, 0.1) is 0 Å². The van der Waals surface area contributed by atoms with Gasteiger partial charge in [-0.05, 0) is 67.3 Å². The fourth-order valence-electron chi connectivity index (χ4n) is 3.25. The SMILES string of the molecule is C=C(C)C(=O)OCCOc1ccc(-c2ccc(-c3ccc(OC(=O)C(=C)C)cc3)cc2)cc1OC(=O)C(=C)C. The number of carbonyl (C=O) groups excluding carboxylic acids is 3. The molecular weight excluding hydrogens is 496 g/mol. The number of esters is 3. The van der Waals surface area contributed by atoms with Gasteiger partial charge in [0.15, 0.2) is 11.5 Å². The first-order valence-corrected chi connectivity index (χ1v) is 12.1. The maximum absolute atomic E-state index is 12.2. The monoisotopic (exact) mass is 526 g/mol. The minimum atomic E-state index is -0.585. The predicted octanol–water partition coefficient (Wildman–Crippen LogP) is 6.48. The molecule has 200 valence electrons. The lowest BCUT2D eigenvalue weighted by molar-refractivity contribution is -0.139. The summed E-state index contributed by atoms with van der Waals surface area (Å²) in [6.45, 7) is 15.5. The van der Waals surface area contributed by atoms with Gasteiger partial charge in [0.25, 0.3) is 0 Å². The highest BCUT2D eigenvalue weighted by Crippen LogP contribution is 2.34. The first-order valence-electron chi connectivity index (χ1n) is 12.1. The molecule has 3 aromatic carbocycles. The summed E-state index contributed by atoms with van der Waals surface area (Å²) in [4.78, 5) is 35.5. The Hall–Kier alpha value is -4.91. The van der Waals surface area contributed by atoms with Crippen molar-refractivity contribution in [3.63, 3.8) is 0 Å². The van der Waals surface area contributed by atoms with Gasteiger partial charge in [0, 0.05) is 16.7 Å². The van der Waals surface area contributed by atoms with Crippen molar-refractivity contribution in [2.24, 2.45) is 0 Å². The molecule has 7 heteroatoms. The molecule has 0 saturated heterocycles. The fraction of sp³-hybridized carbons (Fsp3) is 0.156. The molecule has 0 radical (unpaired) electrons. The van der Waals surface area contributed by atoms with Crippen LogP contribution in [0.15, 0.2) is 103 Å². The van der Waals surface area contributed by atoms with E-state index in [9.17, 15) is 14.4 Å². The van der Waals surface area contributed by atoms with Gasteiger partial charge in [-0.1, -0.05) is 62.2 Å². The molecule has 0 aliphatic carbocycles. The lowest BCUT2D eigenvalue weighted by Gasteiger charge is -2.14. The van der Waals surface area contributed by atoms with Gasteiger partial charge in [0.2, 0.25) is 0 Å². The Morgan fingerprint density at radius 1 is 0.564 bits per heavy atom. The molecule has 0 aliphatic heterocycles. The smallest absolute Gasteiger partial charge is 0.338 e. The van der Waals surface area contributed by atoms with Crippen LogP contribution in [-0.2, 0) is 19.1 Å². The van der Waals surface area contributed by atoms with E-state index in [-0.39, 0.29) is 24.5 Å². The van der Waals surface area contributed by atoms with Crippen LogP contribution in [-0.4, -0.2) is 31.1 Å². The van der Waals surface area contributed by atoms with E-state index in [4.69, 9.17) is 18.9 Å². The zero-order valence-electron chi connectivity index (χ0n) is 22.2.